The molecule has 1 aromatic carbocycles. The van der Waals surface area contributed by atoms with Crippen molar-refractivity contribution >= 4 is 27.6 Å². The number of hydrogen-bond acceptors (Lipinski definition) is 7. The van der Waals surface area contributed by atoms with E-state index in [-0.39, 0.29) is 24.5 Å². The smallest absolute Gasteiger partial charge is 0.309 e. The molecular weight excluding hydrogens is 434 g/mol. The Hall–Kier alpha value is -3.23. The van der Waals surface area contributed by atoms with Gasteiger partial charge in [-0.15, -0.1) is 0 Å². The third-order valence-corrected chi connectivity index (χ3v) is 7.11. The highest BCUT2D eigenvalue weighted by molar-refractivity contribution is 7.89. The van der Waals surface area contributed by atoms with Crippen LogP contribution in [-0.2, 0) is 37.8 Å². The Bertz CT molecular complexity index is 1110. The number of nitrogens with zero attached hydrogens (tertiary/aromatic N) is 4. The van der Waals surface area contributed by atoms with Crippen molar-refractivity contribution in [2.45, 2.75) is 31.2 Å². The zero-order valence-electron chi connectivity index (χ0n) is 17.9. The van der Waals surface area contributed by atoms with E-state index in [4.69, 9.17) is 10.00 Å². The van der Waals surface area contributed by atoms with Crippen molar-refractivity contribution < 1.29 is 22.7 Å². The van der Waals surface area contributed by atoms with Crippen LogP contribution in [0, 0.1) is 24.2 Å². The largest absolute Gasteiger partial charge is 0.455 e. The second kappa shape index (κ2) is 9.93. The topological polar surface area (TPSA) is 134 Å². The number of carbonyl (C=O) groups is 2. The number of hydrogen-bond donors (Lipinski definition) is 1. The lowest BCUT2D eigenvalue weighted by molar-refractivity contribution is -0.152. The number of rotatable bonds is 7. The molecule has 32 heavy (non-hydrogen) atoms. The average Bonchev–Trinajstić information content (AvgIpc) is 3.13. The molecule has 1 amide bonds. The van der Waals surface area contributed by atoms with Gasteiger partial charge in [0.15, 0.2) is 11.6 Å². The number of carbonyl (C=O) groups excluding carboxylic acids is 2. The third kappa shape index (κ3) is 5.52. The van der Waals surface area contributed by atoms with Gasteiger partial charge in [-0.2, -0.15) is 9.57 Å². The van der Waals surface area contributed by atoms with Crippen molar-refractivity contribution in [2.75, 3.05) is 25.0 Å². The van der Waals surface area contributed by atoms with Gasteiger partial charge in [0.1, 0.15) is 5.82 Å². The Morgan fingerprint density at radius 2 is 1.91 bits per heavy atom. The van der Waals surface area contributed by atoms with E-state index in [0.29, 0.717) is 24.4 Å². The van der Waals surface area contributed by atoms with E-state index in [1.54, 1.807) is 42.8 Å². The molecule has 1 fully saturated rings. The standard InChI is InChI=1S/C21H25N5O5S/c1-15-23-20(13-25(15)2)32(29,30)26-11-8-17(9-12-26)21(28)31-14-19(27)24-18-5-3-16(4-6-18)7-10-22/h3-6,13,17H,7-9,11-12,14H2,1-2H3,(H,24,27). The molecule has 0 spiro atoms. The Labute approximate surface area is 186 Å². The molecule has 0 unspecified atom stereocenters. The van der Waals surface area contributed by atoms with Gasteiger partial charge in [0.05, 0.1) is 18.4 Å². The fourth-order valence-electron chi connectivity index (χ4n) is 3.36. The molecule has 0 radical (unpaired) electrons. The van der Waals surface area contributed by atoms with Crippen LogP contribution in [0.3, 0.4) is 0 Å². The summed E-state index contributed by atoms with van der Waals surface area (Å²) >= 11 is 0. The molecule has 1 N–H and O–H groups in total. The van der Waals surface area contributed by atoms with Gasteiger partial charge >= 0.3 is 5.97 Å². The molecule has 1 aliphatic heterocycles. The van der Waals surface area contributed by atoms with Gasteiger partial charge in [0.2, 0.25) is 0 Å². The maximum atomic E-state index is 12.7. The normalized spacial score (nSPS) is 15.2. The van der Waals surface area contributed by atoms with Crippen molar-refractivity contribution in [3.05, 3.63) is 41.9 Å². The third-order valence-electron chi connectivity index (χ3n) is 5.34. The summed E-state index contributed by atoms with van der Waals surface area (Å²) in [6.45, 7) is 1.66. The lowest BCUT2D eigenvalue weighted by Gasteiger charge is -2.29. The second-order valence-electron chi connectivity index (χ2n) is 7.60. The van der Waals surface area contributed by atoms with Crippen LogP contribution < -0.4 is 5.32 Å². The van der Waals surface area contributed by atoms with E-state index in [1.165, 1.54) is 10.5 Å². The summed E-state index contributed by atoms with van der Waals surface area (Å²) in [7, 11) is -1.99. The zero-order valence-corrected chi connectivity index (χ0v) is 18.8. The van der Waals surface area contributed by atoms with E-state index >= 15 is 0 Å². The summed E-state index contributed by atoms with van der Waals surface area (Å²) in [6, 6.07) is 8.86. The monoisotopic (exact) mass is 459 g/mol. The number of esters is 1. The number of nitrogens with one attached hydrogen (secondary N) is 1. The number of ether oxygens (including phenoxy) is 1. The maximum Gasteiger partial charge on any atom is 0.309 e. The van der Waals surface area contributed by atoms with Crippen molar-refractivity contribution in [3.63, 3.8) is 0 Å². The number of piperidine rings is 1. The molecule has 2 aromatic rings. The predicted octanol–water partition coefficient (Wildman–Crippen LogP) is 1.38. The molecule has 0 aliphatic carbocycles. The number of sulfonamides is 1. The van der Waals surface area contributed by atoms with Gasteiger partial charge in [0, 0.05) is 32.0 Å². The molecule has 1 aliphatic rings. The molecule has 0 atom stereocenters. The molecule has 11 heteroatoms. The van der Waals surface area contributed by atoms with Crippen LogP contribution >= 0.6 is 0 Å². The van der Waals surface area contributed by atoms with Crippen molar-refractivity contribution in [2.24, 2.45) is 13.0 Å². The summed E-state index contributed by atoms with van der Waals surface area (Å²) in [4.78, 5) is 28.5. The van der Waals surface area contributed by atoms with Gasteiger partial charge in [0.25, 0.3) is 15.9 Å². The van der Waals surface area contributed by atoms with Crippen LogP contribution in [0.5, 0.6) is 0 Å². The summed E-state index contributed by atoms with van der Waals surface area (Å²) in [6.07, 6.45) is 2.38. The van der Waals surface area contributed by atoms with Gasteiger partial charge in [-0.05, 0) is 37.5 Å². The second-order valence-corrected chi connectivity index (χ2v) is 9.49. The minimum Gasteiger partial charge on any atom is -0.455 e. The summed E-state index contributed by atoms with van der Waals surface area (Å²) in [5.41, 5.74) is 1.37. The molecule has 1 saturated heterocycles. The highest BCUT2D eigenvalue weighted by atomic mass is 32.2. The van der Waals surface area contributed by atoms with Gasteiger partial charge in [-0.25, -0.2) is 13.4 Å². The molecule has 1 aromatic heterocycles. The number of amides is 1. The minimum absolute atomic E-state index is 0.00384. The van der Waals surface area contributed by atoms with Crippen molar-refractivity contribution in [1.82, 2.24) is 13.9 Å². The molecule has 2 heterocycles. The Kier molecular flexibility index (Phi) is 7.27. The van der Waals surface area contributed by atoms with E-state index in [9.17, 15) is 18.0 Å². The van der Waals surface area contributed by atoms with E-state index in [1.807, 2.05) is 6.07 Å². The maximum absolute atomic E-state index is 12.7. The van der Waals surface area contributed by atoms with Crippen LogP contribution in [0.1, 0.15) is 24.2 Å². The Balaban J connectivity index is 1.46. The number of imidazole rings is 1. The van der Waals surface area contributed by atoms with Crippen LogP contribution in [-0.4, -0.2) is 53.8 Å². The first-order chi connectivity index (χ1) is 15.2. The molecule has 3 rings (SSSR count). The first-order valence-corrected chi connectivity index (χ1v) is 11.6. The highest BCUT2D eigenvalue weighted by Gasteiger charge is 2.34. The number of nitriles is 1. The number of aryl methyl sites for hydroxylation is 2. The van der Waals surface area contributed by atoms with Crippen LogP contribution in [0.15, 0.2) is 35.5 Å². The first-order valence-electron chi connectivity index (χ1n) is 10.1. The van der Waals surface area contributed by atoms with Crippen LogP contribution in [0.2, 0.25) is 0 Å². The highest BCUT2D eigenvalue weighted by Crippen LogP contribution is 2.24. The SMILES string of the molecule is Cc1nc(S(=O)(=O)N2CCC(C(=O)OCC(=O)Nc3ccc(CC#N)cc3)CC2)cn1C. The van der Waals surface area contributed by atoms with Crippen LogP contribution in [0.4, 0.5) is 5.69 Å². The Morgan fingerprint density at radius 1 is 1.25 bits per heavy atom. The summed E-state index contributed by atoms with van der Waals surface area (Å²) in [5.74, 6) is -0.865. The minimum atomic E-state index is -3.71. The fraction of sp³-hybridized carbons (Fsp3) is 0.429. The Morgan fingerprint density at radius 3 is 2.47 bits per heavy atom. The predicted molar refractivity (Wildman–Crippen MR) is 115 cm³/mol. The molecular formula is C21H25N5O5S. The van der Waals surface area contributed by atoms with Crippen molar-refractivity contribution in [1.29, 1.82) is 5.26 Å². The van der Waals surface area contributed by atoms with Gasteiger partial charge in [-0.1, -0.05) is 12.1 Å². The lowest BCUT2D eigenvalue weighted by atomic mass is 9.98. The number of anilines is 1. The average molecular weight is 460 g/mol. The zero-order chi connectivity index (χ0) is 23.3. The number of aromatic nitrogens is 2. The molecule has 170 valence electrons. The van der Waals surface area contributed by atoms with E-state index < -0.39 is 34.4 Å². The summed E-state index contributed by atoms with van der Waals surface area (Å²) in [5, 5.41) is 11.3. The van der Waals surface area contributed by atoms with Gasteiger partial charge in [-0.3, -0.25) is 9.59 Å². The quantitative estimate of drug-likeness (QED) is 0.618. The molecule has 0 saturated carbocycles. The lowest BCUT2D eigenvalue weighted by Crippen LogP contribution is -2.41. The van der Waals surface area contributed by atoms with Crippen LogP contribution in [0.25, 0.3) is 0 Å². The summed E-state index contributed by atoms with van der Waals surface area (Å²) < 4.78 is 33.6. The van der Waals surface area contributed by atoms with Crippen molar-refractivity contribution in [3.8, 4) is 6.07 Å². The van der Waals surface area contributed by atoms with E-state index in [2.05, 4.69) is 10.3 Å². The molecule has 0 bridgehead atoms. The molecule has 10 nitrogen and oxygen atoms in total. The first kappa shape index (κ1) is 23.4. The van der Waals surface area contributed by atoms with E-state index in [0.717, 1.165) is 5.56 Å². The number of benzene rings is 1. The fourth-order valence-corrected chi connectivity index (χ4v) is 4.86. The van der Waals surface area contributed by atoms with Gasteiger partial charge < -0.3 is 14.6 Å².